The maximum absolute atomic E-state index is 13.5. The summed E-state index contributed by atoms with van der Waals surface area (Å²) in [4.78, 5) is 29.8. The van der Waals surface area contributed by atoms with E-state index < -0.39 is 35.3 Å². The van der Waals surface area contributed by atoms with E-state index >= 15 is 0 Å². The zero-order chi connectivity index (χ0) is 26.8. The third-order valence-corrected chi connectivity index (χ3v) is 7.40. The van der Waals surface area contributed by atoms with Crippen LogP contribution in [0.5, 0.6) is 0 Å². The van der Waals surface area contributed by atoms with Gasteiger partial charge in [0, 0.05) is 46.2 Å². The van der Waals surface area contributed by atoms with Crippen molar-refractivity contribution < 1.29 is 18.0 Å². The van der Waals surface area contributed by atoms with E-state index in [1.54, 1.807) is 13.0 Å². The van der Waals surface area contributed by atoms with Crippen molar-refractivity contribution in [3.63, 3.8) is 0 Å². The lowest BCUT2D eigenvalue weighted by Gasteiger charge is -2.36. The lowest BCUT2D eigenvalue weighted by atomic mass is 9.81. The van der Waals surface area contributed by atoms with Crippen LogP contribution >= 0.6 is 11.6 Å². The molecule has 3 N–H and O–H groups in total. The number of aryl methyl sites for hydroxylation is 1. The Morgan fingerprint density at radius 1 is 1.17 bits per heavy atom. The van der Waals surface area contributed by atoms with E-state index in [0.29, 0.717) is 28.2 Å². The molecule has 1 aliphatic carbocycles. The minimum atomic E-state index is -4.72. The molecule has 10 heteroatoms. The molecule has 3 rings (SSSR count). The molecule has 1 saturated carbocycles. The van der Waals surface area contributed by atoms with E-state index in [1.807, 2.05) is 0 Å². The van der Waals surface area contributed by atoms with Crippen LogP contribution in [-0.2, 0) is 12.7 Å². The smallest absolute Gasteiger partial charge is 0.382 e. The number of carbonyl (C=O) groups excluding carboxylic acids is 1. The van der Waals surface area contributed by atoms with Crippen molar-refractivity contribution in [2.45, 2.75) is 71.3 Å². The van der Waals surface area contributed by atoms with Crippen molar-refractivity contribution in [1.82, 2.24) is 15.2 Å². The number of nitrogens with one attached hydrogen (secondary N) is 3. The quantitative estimate of drug-likeness (QED) is 0.444. The molecule has 1 atom stereocenters. The summed E-state index contributed by atoms with van der Waals surface area (Å²) in [7, 11) is 4.21. The van der Waals surface area contributed by atoms with Gasteiger partial charge < -0.3 is 20.5 Å². The largest absolute Gasteiger partial charge is 0.417 e. The second kappa shape index (κ2) is 11.3. The number of alkyl halides is 3. The van der Waals surface area contributed by atoms with E-state index in [2.05, 4.69) is 41.5 Å². The highest BCUT2D eigenvalue weighted by Crippen LogP contribution is 2.33. The number of benzene rings is 1. The SMILES string of the molecule is Cc1cc(C(F)(F)F)c(CNC(=O)c2cc(Cl)cc(NC(C)[C@H]3CC[C@H](N(C)C)CC3)c2C)c(=O)[nH]1. The minimum absolute atomic E-state index is 0.0909. The number of aromatic amines is 1. The molecular weight excluding hydrogens is 493 g/mol. The Bertz CT molecular complexity index is 1160. The second-order valence-electron chi connectivity index (χ2n) is 9.95. The molecule has 1 heterocycles. The average Bonchev–Trinajstić information content (AvgIpc) is 2.79. The van der Waals surface area contributed by atoms with Gasteiger partial charge in [-0.1, -0.05) is 11.6 Å². The summed E-state index contributed by atoms with van der Waals surface area (Å²) in [5, 5.41) is 6.30. The molecule has 198 valence electrons. The normalized spacial score (nSPS) is 19.3. The summed E-state index contributed by atoms with van der Waals surface area (Å²) >= 11 is 6.30. The lowest BCUT2D eigenvalue weighted by Crippen LogP contribution is -2.36. The standard InChI is InChI=1S/C26H34ClF3N4O2/c1-14-10-22(26(28,29)30)21(25(36)32-14)13-31-24(35)20-11-18(27)12-23(15(20)2)33-16(3)17-6-8-19(9-7-17)34(4)5/h10-12,16-17,19,33H,6-9,13H2,1-5H3,(H,31,35)(H,32,36)/t16?,17-,19-. The number of amides is 1. The number of nitrogens with zero attached hydrogens (tertiary/aromatic N) is 1. The number of hydrogen-bond acceptors (Lipinski definition) is 4. The van der Waals surface area contributed by atoms with Crippen molar-refractivity contribution in [3.05, 3.63) is 61.5 Å². The van der Waals surface area contributed by atoms with Crippen LogP contribution in [0.1, 0.15) is 65.3 Å². The van der Waals surface area contributed by atoms with Gasteiger partial charge in [0.05, 0.1) is 5.56 Å². The van der Waals surface area contributed by atoms with Gasteiger partial charge in [0.2, 0.25) is 0 Å². The van der Waals surface area contributed by atoms with Crippen LogP contribution in [-0.4, -0.2) is 42.0 Å². The van der Waals surface area contributed by atoms with E-state index in [4.69, 9.17) is 11.6 Å². The maximum Gasteiger partial charge on any atom is 0.417 e. The fourth-order valence-corrected chi connectivity index (χ4v) is 5.17. The van der Waals surface area contributed by atoms with Gasteiger partial charge >= 0.3 is 6.18 Å². The van der Waals surface area contributed by atoms with Gasteiger partial charge in [-0.3, -0.25) is 9.59 Å². The number of rotatable bonds is 7. The molecule has 6 nitrogen and oxygen atoms in total. The fourth-order valence-electron chi connectivity index (χ4n) is 4.95. The number of H-pyrrole nitrogens is 1. The first kappa shape index (κ1) is 28.1. The van der Waals surface area contributed by atoms with Gasteiger partial charge in [-0.05, 0) is 90.2 Å². The minimum Gasteiger partial charge on any atom is -0.382 e. The summed E-state index contributed by atoms with van der Waals surface area (Å²) in [5.74, 6) is -0.129. The molecule has 0 saturated heterocycles. The fraction of sp³-hybridized carbons (Fsp3) is 0.538. The molecule has 0 aliphatic heterocycles. The molecular formula is C26H34ClF3N4O2. The molecule has 1 aliphatic rings. The third kappa shape index (κ3) is 6.62. The first-order valence-corrected chi connectivity index (χ1v) is 12.5. The highest BCUT2D eigenvalue weighted by atomic mass is 35.5. The molecule has 1 fully saturated rings. The Balaban J connectivity index is 1.75. The number of pyridine rings is 1. The zero-order valence-electron chi connectivity index (χ0n) is 21.3. The molecule has 2 aromatic rings. The predicted molar refractivity (Wildman–Crippen MR) is 137 cm³/mol. The molecule has 36 heavy (non-hydrogen) atoms. The Kier molecular flexibility index (Phi) is 8.77. The van der Waals surface area contributed by atoms with Crippen LogP contribution in [0.2, 0.25) is 5.02 Å². The molecule has 1 aromatic heterocycles. The van der Waals surface area contributed by atoms with Crippen molar-refractivity contribution in [2.75, 3.05) is 19.4 Å². The molecule has 0 spiro atoms. The first-order valence-electron chi connectivity index (χ1n) is 12.1. The van der Waals surface area contributed by atoms with Gasteiger partial charge in [-0.25, -0.2) is 0 Å². The number of halogens is 4. The average molecular weight is 527 g/mol. The van der Waals surface area contributed by atoms with Crippen molar-refractivity contribution in [3.8, 4) is 0 Å². The molecule has 1 unspecified atom stereocenters. The van der Waals surface area contributed by atoms with Gasteiger partial charge in [0.15, 0.2) is 0 Å². The van der Waals surface area contributed by atoms with Gasteiger partial charge in [0.25, 0.3) is 11.5 Å². The predicted octanol–water partition coefficient (Wildman–Crippen LogP) is 5.51. The number of hydrogen-bond donors (Lipinski definition) is 3. The summed E-state index contributed by atoms with van der Waals surface area (Å²) in [5.41, 5.74) is -0.809. The van der Waals surface area contributed by atoms with Crippen molar-refractivity contribution >= 4 is 23.2 Å². The number of carbonyl (C=O) groups is 1. The van der Waals surface area contributed by atoms with Crippen LogP contribution in [0.15, 0.2) is 23.0 Å². The Labute approximate surface area is 214 Å². The van der Waals surface area contributed by atoms with Crippen LogP contribution < -0.4 is 16.2 Å². The van der Waals surface area contributed by atoms with Gasteiger partial charge in [-0.15, -0.1) is 0 Å². The summed E-state index contributed by atoms with van der Waals surface area (Å²) < 4.78 is 40.4. The zero-order valence-corrected chi connectivity index (χ0v) is 22.0. The third-order valence-electron chi connectivity index (χ3n) is 7.18. The summed E-state index contributed by atoms with van der Waals surface area (Å²) in [6.45, 7) is 4.69. The topological polar surface area (TPSA) is 77.2 Å². The highest BCUT2D eigenvalue weighted by Gasteiger charge is 2.35. The first-order chi connectivity index (χ1) is 16.8. The Morgan fingerprint density at radius 3 is 2.39 bits per heavy atom. The van der Waals surface area contributed by atoms with E-state index in [-0.39, 0.29) is 17.3 Å². The molecule has 1 aromatic carbocycles. The van der Waals surface area contributed by atoms with Crippen LogP contribution in [0.3, 0.4) is 0 Å². The van der Waals surface area contributed by atoms with E-state index in [0.717, 1.165) is 31.7 Å². The molecule has 1 amide bonds. The molecule has 0 bridgehead atoms. The van der Waals surface area contributed by atoms with Crippen molar-refractivity contribution in [1.29, 1.82) is 0 Å². The lowest BCUT2D eigenvalue weighted by molar-refractivity contribution is -0.138. The summed E-state index contributed by atoms with van der Waals surface area (Å²) in [6, 6.07) is 4.84. The monoisotopic (exact) mass is 526 g/mol. The highest BCUT2D eigenvalue weighted by molar-refractivity contribution is 6.31. The van der Waals surface area contributed by atoms with Gasteiger partial charge in [0.1, 0.15) is 0 Å². The van der Waals surface area contributed by atoms with Crippen LogP contribution in [0.25, 0.3) is 0 Å². The van der Waals surface area contributed by atoms with E-state index in [9.17, 15) is 22.8 Å². The van der Waals surface area contributed by atoms with Crippen LogP contribution in [0.4, 0.5) is 18.9 Å². The van der Waals surface area contributed by atoms with Crippen LogP contribution in [0, 0.1) is 19.8 Å². The maximum atomic E-state index is 13.5. The molecule has 0 radical (unpaired) electrons. The summed E-state index contributed by atoms with van der Waals surface area (Å²) in [6.07, 6.45) is -0.273. The Morgan fingerprint density at radius 2 is 1.81 bits per heavy atom. The van der Waals surface area contributed by atoms with Gasteiger partial charge in [-0.2, -0.15) is 13.2 Å². The van der Waals surface area contributed by atoms with Crippen molar-refractivity contribution in [2.24, 2.45) is 5.92 Å². The number of aromatic nitrogens is 1. The number of anilines is 1. The second-order valence-corrected chi connectivity index (χ2v) is 10.4. The van der Waals surface area contributed by atoms with E-state index in [1.165, 1.54) is 13.0 Å². The Hall–Kier alpha value is -2.52.